The van der Waals surface area contributed by atoms with E-state index >= 15 is 0 Å². The Labute approximate surface area is 181 Å². The molecule has 0 radical (unpaired) electrons. The molecule has 1 aromatic carbocycles. The first-order valence-corrected chi connectivity index (χ1v) is 11.5. The minimum absolute atomic E-state index is 0.0693. The average molecular weight is 431 g/mol. The van der Waals surface area contributed by atoms with E-state index in [4.69, 9.17) is 4.74 Å². The van der Waals surface area contributed by atoms with Gasteiger partial charge in [0.15, 0.2) is 0 Å². The van der Waals surface area contributed by atoms with Crippen LogP contribution in [-0.4, -0.2) is 41.0 Å². The second kappa shape index (κ2) is 11.0. The van der Waals surface area contributed by atoms with Crippen molar-refractivity contribution in [2.45, 2.75) is 52.2 Å². The molecule has 0 aliphatic carbocycles. The van der Waals surface area contributed by atoms with Crippen molar-refractivity contribution in [2.75, 3.05) is 18.4 Å². The van der Waals surface area contributed by atoms with Crippen molar-refractivity contribution < 1.29 is 14.3 Å². The summed E-state index contributed by atoms with van der Waals surface area (Å²) in [7, 11) is 0. The Hall–Kier alpha value is -2.61. The molecule has 2 N–H and O–H groups in total. The van der Waals surface area contributed by atoms with Gasteiger partial charge in [0.1, 0.15) is 12.4 Å². The van der Waals surface area contributed by atoms with Crippen molar-refractivity contribution in [3.63, 3.8) is 0 Å². The van der Waals surface area contributed by atoms with Crippen molar-refractivity contribution >= 4 is 29.0 Å². The molecule has 0 atom stereocenters. The van der Waals surface area contributed by atoms with Gasteiger partial charge in [0.2, 0.25) is 5.91 Å². The number of piperidine rings is 1. The van der Waals surface area contributed by atoms with E-state index in [0.717, 1.165) is 31.4 Å². The van der Waals surface area contributed by atoms with Crippen LogP contribution in [-0.2, 0) is 11.4 Å². The molecule has 1 fully saturated rings. The highest BCUT2D eigenvalue weighted by molar-refractivity contribution is 7.07. The van der Waals surface area contributed by atoms with E-state index in [9.17, 15) is 9.59 Å². The summed E-state index contributed by atoms with van der Waals surface area (Å²) in [5.41, 5.74) is 3.32. The topological polar surface area (TPSA) is 83.6 Å². The number of hydrogen-bond donors (Lipinski definition) is 2. The number of urea groups is 1. The van der Waals surface area contributed by atoms with Gasteiger partial charge < -0.3 is 20.3 Å². The first-order valence-electron chi connectivity index (χ1n) is 10.5. The Morgan fingerprint density at radius 1 is 1.27 bits per heavy atom. The molecule has 0 bridgehead atoms. The summed E-state index contributed by atoms with van der Waals surface area (Å²) in [5.74, 6) is 1.04. The van der Waals surface area contributed by atoms with E-state index in [1.54, 1.807) is 11.6 Å². The van der Waals surface area contributed by atoms with Gasteiger partial charge in [-0.1, -0.05) is 19.9 Å². The number of likely N-dealkylation sites (tertiary alicyclic amines) is 1. The molecule has 7 nitrogen and oxygen atoms in total. The van der Waals surface area contributed by atoms with Crippen LogP contribution in [0.1, 0.15) is 45.2 Å². The third kappa shape index (κ3) is 6.19. The fraction of sp³-hybridized carbons (Fsp3) is 0.500. The maximum Gasteiger partial charge on any atom is 0.319 e. The number of aromatic nitrogens is 1. The number of amides is 3. The number of nitrogens with zero attached hydrogens (tertiary/aromatic N) is 2. The second-order valence-electron chi connectivity index (χ2n) is 7.51. The van der Waals surface area contributed by atoms with Gasteiger partial charge in [0, 0.05) is 42.2 Å². The van der Waals surface area contributed by atoms with Gasteiger partial charge in [-0.3, -0.25) is 4.79 Å². The van der Waals surface area contributed by atoms with E-state index in [-0.39, 0.29) is 23.9 Å². The number of ether oxygens (including phenoxy) is 1. The second-order valence-corrected chi connectivity index (χ2v) is 8.23. The monoisotopic (exact) mass is 430 g/mol. The number of carbonyl (C=O) groups excluding carboxylic acids is 2. The first kappa shape index (κ1) is 22.1. The lowest BCUT2D eigenvalue weighted by atomic mass is 9.98. The molecule has 1 saturated heterocycles. The minimum Gasteiger partial charge on any atom is -0.487 e. The molecule has 0 saturated carbocycles. The molecule has 1 aromatic heterocycles. The molecule has 0 spiro atoms. The maximum absolute atomic E-state index is 12.5. The molecule has 3 amide bonds. The molecule has 0 unspecified atom stereocenters. The number of carbonyl (C=O) groups is 2. The SMILES string of the molecule is CCC(CC)C(=O)N1CCC(NC(=O)Nc2cccc(OCc3cscn3)c2)CC1. The molecule has 8 heteroatoms. The molecule has 1 aliphatic heterocycles. The molecule has 1 aliphatic rings. The summed E-state index contributed by atoms with van der Waals surface area (Å²) in [6.07, 6.45) is 3.30. The number of thiazole rings is 1. The lowest BCUT2D eigenvalue weighted by Gasteiger charge is -2.34. The predicted molar refractivity (Wildman–Crippen MR) is 119 cm³/mol. The van der Waals surface area contributed by atoms with Crippen LogP contribution < -0.4 is 15.4 Å². The highest BCUT2D eigenvalue weighted by atomic mass is 32.1. The van der Waals surface area contributed by atoms with E-state index in [1.807, 2.05) is 28.5 Å². The Balaban J connectivity index is 1.44. The summed E-state index contributed by atoms with van der Waals surface area (Å²) >= 11 is 1.53. The third-order valence-corrected chi connectivity index (χ3v) is 6.07. The zero-order chi connectivity index (χ0) is 21.3. The highest BCUT2D eigenvalue weighted by Gasteiger charge is 2.27. The third-order valence-electron chi connectivity index (χ3n) is 5.44. The Morgan fingerprint density at radius 2 is 2.03 bits per heavy atom. The smallest absolute Gasteiger partial charge is 0.319 e. The molecule has 162 valence electrons. The summed E-state index contributed by atoms with van der Waals surface area (Å²) in [6.45, 7) is 5.90. The molecule has 3 rings (SSSR count). The summed E-state index contributed by atoms with van der Waals surface area (Å²) in [6, 6.07) is 7.14. The molecule has 2 heterocycles. The number of anilines is 1. The van der Waals surface area contributed by atoms with Crippen LogP contribution in [0, 0.1) is 5.92 Å². The fourth-order valence-electron chi connectivity index (χ4n) is 3.62. The van der Waals surface area contributed by atoms with Crippen LogP contribution in [0.15, 0.2) is 35.2 Å². The van der Waals surface area contributed by atoms with Gasteiger partial charge in [-0.2, -0.15) is 0 Å². The normalized spacial score (nSPS) is 14.6. The number of nitrogens with one attached hydrogen (secondary N) is 2. The lowest BCUT2D eigenvalue weighted by Crippen LogP contribution is -2.48. The number of rotatable bonds is 8. The predicted octanol–water partition coefficient (Wildman–Crippen LogP) is 4.27. The molecule has 30 heavy (non-hydrogen) atoms. The van der Waals surface area contributed by atoms with Crippen LogP contribution in [0.25, 0.3) is 0 Å². The Kier molecular flexibility index (Phi) is 8.07. The Morgan fingerprint density at radius 3 is 2.70 bits per heavy atom. The van der Waals surface area contributed by atoms with Crippen LogP contribution in [0.3, 0.4) is 0 Å². The van der Waals surface area contributed by atoms with Gasteiger partial charge >= 0.3 is 6.03 Å². The quantitative estimate of drug-likeness (QED) is 0.655. The molecule has 2 aromatic rings. The lowest BCUT2D eigenvalue weighted by molar-refractivity contribution is -0.136. The molecular weight excluding hydrogens is 400 g/mol. The van der Waals surface area contributed by atoms with Crippen molar-refractivity contribution in [3.8, 4) is 5.75 Å². The van der Waals surface area contributed by atoms with Crippen LogP contribution in [0.2, 0.25) is 0 Å². The summed E-state index contributed by atoms with van der Waals surface area (Å²) in [5, 5.41) is 7.83. The summed E-state index contributed by atoms with van der Waals surface area (Å²) < 4.78 is 5.73. The Bertz CT molecular complexity index is 816. The van der Waals surface area contributed by atoms with E-state index in [1.165, 1.54) is 11.3 Å². The van der Waals surface area contributed by atoms with Crippen molar-refractivity contribution in [2.24, 2.45) is 5.92 Å². The summed E-state index contributed by atoms with van der Waals surface area (Å²) in [4.78, 5) is 31.0. The molecular formula is C22H30N4O3S. The highest BCUT2D eigenvalue weighted by Crippen LogP contribution is 2.20. The zero-order valence-corrected chi connectivity index (χ0v) is 18.4. The van der Waals surface area contributed by atoms with Crippen LogP contribution in [0.4, 0.5) is 10.5 Å². The zero-order valence-electron chi connectivity index (χ0n) is 17.6. The van der Waals surface area contributed by atoms with Crippen LogP contribution >= 0.6 is 11.3 Å². The maximum atomic E-state index is 12.5. The fourth-order valence-corrected chi connectivity index (χ4v) is 4.17. The van der Waals surface area contributed by atoms with Crippen molar-refractivity contribution in [3.05, 3.63) is 40.8 Å². The average Bonchev–Trinajstić information content (AvgIpc) is 3.27. The van der Waals surface area contributed by atoms with E-state index in [0.29, 0.717) is 31.1 Å². The van der Waals surface area contributed by atoms with Gasteiger partial charge in [-0.15, -0.1) is 11.3 Å². The first-order chi connectivity index (χ1) is 14.6. The van der Waals surface area contributed by atoms with Crippen molar-refractivity contribution in [1.29, 1.82) is 0 Å². The van der Waals surface area contributed by atoms with Gasteiger partial charge in [0.05, 0.1) is 11.2 Å². The standard InChI is InChI=1S/C22H30N4O3S/c1-3-16(4-2)21(27)26-10-8-17(9-11-26)24-22(28)25-18-6-5-7-20(12-18)29-13-19-14-30-15-23-19/h5-7,12,14-17H,3-4,8-11,13H2,1-2H3,(H2,24,25,28). The number of hydrogen-bond acceptors (Lipinski definition) is 5. The van der Waals surface area contributed by atoms with Gasteiger partial charge in [0.25, 0.3) is 0 Å². The van der Waals surface area contributed by atoms with E-state index in [2.05, 4.69) is 29.5 Å². The van der Waals surface area contributed by atoms with Gasteiger partial charge in [-0.25, -0.2) is 9.78 Å². The van der Waals surface area contributed by atoms with Crippen molar-refractivity contribution in [1.82, 2.24) is 15.2 Å². The van der Waals surface area contributed by atoms with E-state index < -0.39 is 0 Å². The largest absolute Gasteiger partial charge is 0.487 e. The minimum atomic E-state index is -0.239. The van der Waals surface area contributed by atoms with Crippen LogP contribution in [0.5, 0.6) is 5.75 Å². The number of benzene rings is 1. The van der Waals surface area contributed by atoms with Gasteiger partial charge in [-0.05, 0) is 37.8 Å².